The van der Waals surface area contributed by atoms with Crippen LogP contribution >= 0.6 is 0 Å². The molecule has 2 fully saturated rings. The predicted molar refractivity (Wildman–Crippen MR) is 63.4 cm³/mol. The number of piperidine rings is 1. The van der Waals surface area contributed by atoms with E-state index < -0.39 is 0 Å². The van der Waals surface area contributed by atoms with E-state index in [1.54, 1.807) is 0 Å². The van der Waals surface area contributed by atoms with Crippen LogP contribution < -0.4 is 10.6 Å². The molecule has 1 aromatic heterocycles. The van der Waals surface area contributed by atoms with Gasteiger partial charge in [-0.05, 0) is 31.6 Å². The molecule has 6 nitrogen and oxygen atoms in total. The van der Waals surface area contributed by atoms with Crippen molar-refractivity contribution < 1.29 is 9.32 Å². The highest BCUT2D eigenvalue weighted by atomic mass is 16.5. The highest BCUT2D eigenvalue weighted by molar-refractivity contribution is 5.76. The second-order valence-electron chi connectivity index (χ2n) is 5.30. The first kappa shape index (κ1) is 11.6. The average molecular weight is 250 g/mol. The van der Waals surface area contributed by atoms with Crippen molar-refractivity contribution in [1.82, 2.24) is 20.8 Å². The Morgan fingerprint density at radius 2 is 2.22 bits per heavy atom. The molecule has 1 aromatic rings. The molecular formula is C12H18N4O2. The lowest BCUT2D eigenvalue weighted by Gasteiger charge is -2.28. The van der Waals surface area contributed by atoms with Crippen LogP contribution in [0.25, 0.3) is 0 Å². The molecule has 0 spiro atoms. The minimum absolute atomic E-state index is 0.0890. The number of rotatable bonds is 4. The first-order valence-corrected chi connectivity index (χ1v) is 6.57. The lowest BCUT2D eigenvalue weighted by molar-refractivity contribution is -0.122. The van der Waals surface area contributed by atoms with Gasteiger partial charge in [0.2, 0.25) is 12.3 Å². The van der Waals surface area contributed by atoms with Gasteiger partial charge in [0, 0.05) is 18.5 Å². The Morgan fingerprint density at radius 3 is 2.89 bits per heavy atom. The third-order valence-corrected chi connectivity index (χ3v) is 3.90. The summed E-state index contributed by atoms with van der Waals surface area (Å²) >= 11 is 0. The molecule has 6 heteroatoms. The molecule has 2 atom stereocenters. The SMILES string of the molecule is O=C(CC1CC2CCC(C1)N2)NCc1ncon1. The van der Waals surface area contributed by atoms with Crippen molar-refractivity contribution in [3.05, 3.63) is 12.2 Å². The number of carbonyl (C=O) groups is 1. The fraction of sp³-hybridized carbons (Fsp3) is 0.750. The summed E-state index contributed by atoms with van der Waals surface area (Å²) in [5, 5.41) is 10.1. The maximum Gasteiger partial charge on any atom is 0.220 e. The molecular weight excluding hydrogens is 232 g/mol. The zero-order valence-electron chi connectivity index (χ0n) is 10.3. The van der Waals surface area contributed by atoms with E-state index in [0.29, 0.717) is 36.8 Å². The summed E-state index contributed by atoms with van der Waals surface area (Å²) in [5.74, 6) is 1.13. The molecule has 98 valence electrons. The zero-order valence-corrected chi connectivity index (χ0v) is 10.3. The monoisotopic (exact) mass is 250 g/mol. The average Bonchev–Trinajstić information content (AvgIpc) is 2.97. The maximum atomic E-state index is 11.8. The minimum Gasteiger partial charge on any atom is -0.349 e. The molecule has 18 heavy (non-hydrogen) atoms. The molecule has 2 saturated heterocycles. The number of hydrogen-bond donors (Lipinski definition) is 2. The van der Waals surface area contributed by atoms with Gasteiger partial charge in [-0.15, -0.1) is 0 Å². The molecule has 3 heterocycles. The fourth-order valence-electron chi connectivity index (χ4n) is 3.12. The third-order valence-electron chi connectivity index (χ3n) is 3.90. The quantitative estimate of drug-likeness (QED) is 0.818. The number of aromatic nitrogens is 2. The normalized spacial score (nSPS) is 30.3. The van der Waals surface area contributed by atoms with Gasteiger partial charge in [-0.25, -0.2) is 0 Å². The van der Waals surface area contributed by atoms with Crippen molar-refractivity contribution in [3.8, 4) is 0 Å². The van der Waals surface area contributed by atoms with Crippen LogP contribution in [0, 0.1) is 5.92 Å². The number of carbonyl (C=O) groups excluding carboxylic acids is 1. The molecule has 2 bridgehead atoms. The van der Waals surface area contributed by atoms with E-state index >= 15 is 0 Å². The van der Waals surface area contributed by atoms with E-state index in [1.165, 1.54) is 19.2 Å². The van der Waals surface area contributed by atoms with Crippen molar-refractivity contribution in [1.29, 1.82) is 0 Å². The molecule has 2 N–H and O–H groups in total. The van der Waals surface area contributed by atoms with Gasteiger partial charge in [0.15, 0.2) is 5.82 Å². The van der Waals surface area contributed by atoms with Gasteiger partial charge in [-0.2, -0.15) is 4.98 Å². The zero-order chi connectivity index (χ0) is 12.4. The Morgan fingerprint density at radius 1 is 1.44 bits per heavy atom. The molecule has 2 aliphatic rings. The van der Waals surface area contributed by atoms with E-state index in [4.69, 9.17) is 0 Å². The van der Waals surface area contributed by atoms with Gasteiger partial charge in [-0.1, -0.05) is 5.16 Å². The summed E-state index contributed by atoms with van der Waals surface area (Å²) in [4.78, 5) is 15.7. The van der Waals surface area contributed by atoms with Crippen LogP contribution in [0.3, 0.4) is 0 Å². The number of hydrogen-bond acceptors (Lipinski definition) is 5. The minimum atomic E-state index is 0.0890. The van der Waals surface area contributed by atoms with Crippen LogP contribution in [-0.2, 0) is 11.3 Å². The Hall–Kier alpha value is -1.43. The van der Waals surface area contributed by atoms with Crippen molar-refractivity contribution in [2.24, 2.45) is 5.92 Å². The van der Waals surface area contributed by atoms with E-state index in [2.05, 4.69) is 25.3 Å². The fourth-order valence-corrected chi connectivity index (χ4v) is 3.12. The number of amides is 1. The largest absolute Gasteiger partial charge is 0.349 e. The van der Waals surface area contributed by atoms with Crippen LogP contribution in [0.5, 0.6) is 0 Å². The summed E-state index contributed by atoms with van der Waals surface area (Å²) in [7, 11) is 0. The molecule has 0 radical (unpaired) electrons. The van der Waals surface area contributed by atoms with E-state index in [1.807, 2.05) is 0 Å². The summed E-state index contributed by atoms with van der Waals surface area (Å²) in [5.41, 5.74) is 0. The molecule has 2 unspecified atom stereocenters. The van der Waals surface area contributed by atoms with Crippen molar-refractivity contribution in [2.75, 3.05) is 0 Å². The predicted octanol–water partition coefficient (Wildman–Crippen LogP) is 0.606. The first-order chi connectivity index (χ1) is 8.79. The Labute approximate surface area is 106 Å². The Balaban J connectivity index is 1.43. The van der Waals surface area contributed by atoms with Crippen LogP contribution in [0.4, 0.5) is 0 Å². The topological polar surface area (TPSA) is 80.0 Å². The van der Waals surface area contributed by atoms with Gasteiger partial charge in [-0.3, -0.25) is 4.79 Å². The second kappa shape index (κ2) is 5.06. The Kier molecular flexibility index (Phi) is 3.27. The maximum absolute atomic E-state index is 11.8. The standard InChI is InChI=1S/C12H18N4O2/c17-12(13-6-11-14-7-18-16-11)5-8-3-9-1-2-10(4-8)15-9/h7-10,15H,1-6H2,(H,13,17). The molecule has 1 amide bonds. The van der Waals surface area contributed by atoms with Gasteiger partial charge < -0.3 is 15.2 Å². The summed E-state index contributed by atoms with van der Waals surface area (Å²) < 4.78 is 4.61. The lowest BCUT2D eigenvalue weighted by atomic mass is 9.89. The molecule has 2 aliphatic heterocycles. The smallest absolute Gasteiger partial charge is 0.220 e. The van der Waals surface area contributed by atoms with Gasteiger partial charge in [0.05, 0.1) is 6.54 Å². The van der Waals surface area contributed by atoms with Crippen molar-refractivity contribution in [3.63, 3.8) is 0 Å². The second-order valence-corrected chi connectivity index (χ2v) is 5.30. The van der Waals surface area contributed by atoms with Crippen molar-refractivity contribution >= 4 is 5.91 Å². The third kappa shape index (κ3) is 2.69. The highest BCUT2D eigenvalue weighted by Crippen LogP contribution is 2.32. The number of nitrogens with zero attached hydrogens (tertiary/aromatic N) is 2. The van der Waals surface area contributed by atoms with Crippen LogP contribution in [0.1, 0.15) is 37.9 Å². The van der Waals surface area contributed by atoms with Crippen LogP contribution in [0.15, 0.2) is 10.9 Å². The first-order valence-electron chi connectivity index (χ1n) is 6.57. The van der Waals surface area contributed by atoms with E-state index in [9.17, 15) is 4.79 Å². The Bertz CT molecular complexity index is 394. The highest BCUT2D eigenvalue weighted by Gasteiger charge is 2.34. The number of nitrogens with one attached hydrogen (secondary N) is 2. The molecule has 0 saturated carbocycles. The van der Waals surface area contributed by atoms with Crippen molar-refractivity contribution in [2.45, 2.75) is 50.7 Å². The van der Waals surface area contributed by atoms with Gasteiger partial charge >= 0.3 is 0 Å². The molecule has 0 aliphatic carbocycles. The van der Waals surface area contributed by atoms with E-state index in [0.717, 1.165) is 12.8 Å². The summed E-state index contributed by atoms with van der Waals surface area (Å²) in [6.45, 7) is 0.354. The van der Waals surface area contributed by atoms with Crippen LogP contribution in [0.2, 0.25) is 0 Å². The van der Waals surface area contributed by atoms with Gasteiger partial charge in [0.1, 0.15) is 0 Å². The van der Waals surface area contributed by atoms with E-state index in [-0.39, 0.29) is 5.91 Å². The molecule has 3 rings (SSSR count). The summed E-state index contributed by atoms with van der Waals surface area (Å²) in [6, 6.07) is 1.28. The summed E-state index contributed by atoms with van der Waals surface area (Å²) in [6.07, 6.45) is 6.69. The van der Waals surface area contributed by atoms with Gasteiger partial charge in [0.25, 0.3) is 0 Å². The number of fused-ring (bicyclic) bond motifs is 2. The van der Waals surface area contributed by atoms with Crippen LogP contribution in [-0.4, -0.2) is 28.1 Å². The lowest BCUT2D eigenvalue weighted by Crippen LogP contribution is -2.39. The molecule has 0 aromatic carbocycles.